The van der Waals surface area contributed by atoms with Crippen molar-refractivity contribution in [3.8, 4) is 17.2 Å². The van der Waals surface area contributed by atoms with Gasteiger partial charge in [-0.15, -0.1) is 11.3 Å². The SMILES string of the molecule is COC(=O)c1c(NC(=O)c2cc(OC)c(OC)c(OC)c2)sc(C)c1C. The molecule has 0 bridgehead atoms. The number of esters is 1. The van der Waals surface area contributed by atoms with Crippen molar-refractivity contribution in [2.45, 2.75) is 13.8 Å². The number of methoxy groups -OCH3 is 4. The van der Waals surface area contributed by atoms with Gasteiger partial charge in [-0.3, -0.25) is 4.79 Å². The first-order valence-corrected chi connectivity index (χ1v) is 8.49. The zero-order valence-electron chi connectivity index (χ0n) is 15.5. The largest absolute Gasteiger partial charge is 0.493 e. The quantitative estimate of drug-likeness (QED) is 0.774. The van der Waals surface area contributed by atoms with Crippen LogP contribution in [-0.4, -0.2) is 40.3 Å². The highest BCUT2D eigenvalue weighted by molar-refractivity contribution is 7.16. The van der Waals surface area contributed by atoms with E-state index < -0.39 is 11.9 Å². The van der Waals surface area contributed by atoms with Crippen molar-refractivity contribution < 1.29 is 28.5 Å². The number of rotatable bonds is 6. The standard InChI is InChI=1S/C18H21NO6S/c1-9-10(2)26-17(14(9)18(21)25-6)19-16(20)11-7-12(22-3)15(24-5)13(8-11)23-4/h7-8H,1-6H3,(H,19,20). The Kier molecular flexibility index (Phi) is 6.10. The average molecular weight is 379 g/mol. The van der Waals surface area contributed by atoms with Crippen molar-refractivity contribution in [3.05, 3.63) is 33.7 Å². The van der Waals surface area contributed by atoms with Crippen LogP contribution < -0.4 is 19.5 Å². The molecule has 0 aliphatic carbocycles. The van der Waals surface area contributed by atoms with Gasteiger partial charge < -0.3 is 24.3 Å². The van der Waals surface area contributed by atoms with Crippen LogP contribution >= 0.6 is 11.3 Å². The lowest BCUT2D eigenvalue weighted by Crippen LogP contribution is -2.14. The minimum absolute atomic E-state index is 0.305. The third-order valence-corrected chi connectivity index (χ3v) is 5.05. The Morgan fingerprint density at radius 3 is 2.00 bits per heavy atom. The first kappa shape index (κ1) is 19.6. The van der Waals surface area contributed by atoms with E-state index in [9.17, 15) is 9.59 Å². The van der Waals surface area contributed by atoms with Gasteiger partial charge in [-0.2, -0.15) is 0 Å². The average Bonchev–Trinajstić information content (AvgIpc) is 2.93. The van der Waals surface area contributed by atoms with Crippen LogP contribution in [0.15, 0.2) is 12.1 Å². The normalized spacial score (nSPS) is 10.2. The molecular formula is C18H21NO6S. The molecule has 1 heterocycles. The van der Waals surface area contributed by atoms with Crippen LogP contribution in [0.1, 0.15) is 31.2 Å². The summed E-state index contributed by atoms with van der Waals surface area (Å²) in [4.78, 5) is 25.7. The monoisotopic (exact) mass is 379 g/mol. The summed E-state index contributed by atoms with van der Waals surface area (Å²) < 4.78 is 20.6. The lowest BCUT2D eigenvalue weighted by atomic mass is 10.1. The van der Waals surface area contributed by atoms with E-state index in [0.29, 0.717) is 33.4 Å². The molecular weight excluding hydrogens is 358 g/mol. The van der Waals surface area contributed by atoms with Gasteiger partial charge in [-0.25, -0.2) is 4.79 Å². The Balaban J connectivity index is 2.43. The number of hydrogen-bond donors (Lipinski definition) is 1. The predicted octanol–water partition coefficient (Wildman–Crippen LogP) is 3.43. The summed E-state index contributed by atoms with van der Waals surface area (Å²) in [5, 5.41) is 3.21. The summed E-state index contributed by atoms with van der Waals surface area (Å²) in [5.74, 6) is 0.222. The summed E-state index contributed by atoms with van der Waals surface area (Å²) in [7, 11) is 5.74. The molecule has 0 radical (unpaired) electrons. The zero-order valence-corrected chi connectivity index (χ0v) is 16.3. The van der Waals surface area contributed by atoms with E-state index in [1.807, 2.05) is 13.8 Å². The fourth-order valence-corrected chi connectivity index (χ4v) is 3.49. The van der Waals surface area contributed by atoms with Crippen LogP contribution in [0.25, 0.3) is 0 Å². The van der Waals surface area contributed by atoms with E-state index >= 15 is 0 Å². The van der Waals surface area contributed by atoms with Gasteiger partial charge in [0.2, 0.25) is 5.75 Å². The molecule has 0 aliphatic heterocycles. The Hall–Kier alpha value is -2.74. The van der Waals surface area contributed by atoms with E-state index in [1.54, 1.807) is 12.1 Å². The molecule has 0 atom stereocenters. The maximum Gasteiger partial charge on any atom is 0.341 e. The molecule has 140 valence electrons. The lowest BCUT2D eigenvalue weighted by Gasteiger charge is -2.14. The first-order valence-electron chi connectivity index (χ1n) is 7.67. The van der Waals surface area contributed by atoms with Crippen molar-refractivity contribution in [1.29, 1.82) is 0 Å². The molecule has 2 rings (SSSR count). The highest BCUT2D eigenvalue weighted by atomic mass is 32.1. The second-order valence-corrected chi connectivity index (χ2v) is 6.57. The number of anilines is 1. The van der Waals surface area contributed by atoms with Crippen molar-refractivity contribution in [2.24, 2.45) is 0 Å². The number of thiophene rings is 1. The number of carbonyl (C=O) groups is 2. The molecule has 0 saturated heterocycles. The number of aryl methyl sites for hydroxylation is 1. The van der Waals surface area contributed by atoms with Crippen LogP contribution in [0.5, 0.6) is 17.2 Å². The van der Waals surface area contributed by atoms with E-state index in [0.717, 1.165) is 10.4 Å². The fourth-order valence-electron chi connectivity index (χ4n) is 2.45. The summed E-state index contributed by atoms with van der Waals surface area (Å²) in [6, 6.07) is 3.09. The number of nitrogens with one attached hydrogen (secondary N) is 1. The molecule has 1 N–H and O–H groups in total. The molecule has 2 aromatic rings. The van der Waals surface area contributed by atoms with Gasteiger partial charge in [0.25, 0.3) is 5.91 Å². The highest BCUT2D eigenvalue weighted by Crippen LogP contribution is 2.39. The fraction of sp³-hybridized carbons (Fsp3) is 0.333. The van der Waals surface area contributed by atoms with Crippen LogP contribution in [-0.2, 0) is 4.74 Å². The van der Waals surface area contributed by atoms with Crippen molar-refractivity contribution in [2.75, 3.05) is 33.8 Å². The summed E-state index contributed by atoms with van der Waals surface area (Å²) in [5.41, 5.74) is 1.44. The van der Waals surface area contributed by atoms with Crippen LogP contribution in [0.2, 0.25) is 0 Å². The number of amides is 1. The van der Waals surface area contributed by atoms with Gasteiger partial charge in [0, 0.05) is 10.4 Å². The smallest absolute Gasteiger partial charge is 0.341 e. The molecule has 0 unspecified atom stereocenters. The van der Waals surface area contributed by atoms with E-state index in [2.05, 4.69) is 5.32 Å². The van der Waals surface area contributed by atoms with Crippen LogP contribution in [0.4, 0.5) is 5.00 Å². The molecule has 0 fully saturated rings. The minimum Gasteiger partial charge on any atom is -0.493 e. The molecule has 1 aromatic heterocycles. The Bertz CT molecular complexity index is 817. The third-order valence-electron chi connectivity index (χ3n) is 3.93. The molecule has 26 heavy (non-hydrogen) atoms. The van der Waals surface area contributed by atoms with Crippen molar-refractivity contribution in [1.82, 2.24) is 0 Å². The predicted molar refractivity (Wildman–Crippen MR) is 99.2 cm³/mol. The van der Waals surface area contributed by atoms with E-state index in [4.69, 9.17) is 18.9 Å². The lowest BCUT2D eigenvalue weighted by molar-refractivity contribution is 0.0601. The highest BCUT2D eigenvalue weighted by Gasteiger charge is 2.23. The third kappa shape index (κ3) is 3.60. The summed E-state index contributed by atoms with van der Waals surface area (Å²) in [6.45, 7) is 3.69. The van der Waals surface area contributed by atoms with Crippen molar-refractivity contribution >= 4 is 28.2 Å². The van der Waals surface area contributed by atoms with Gasteiger partial charge in [-0.1, -0.05) is 0 Å². The Labute approximate surface area is 155 Å². The minimum atomic E-state index is -0.493. The van der Waals surface area contributed by atoms with Crippen LogP contribution in [0.3, 0.4) is 0 Å². The summed E-state index contributed by atoms with van der Waals surface area (Å²) in [6.07, 6.45) is 0. The second kappa shape index (κ2) is 8.09. The zero-order chi connectivity index (χ0) is 19.4. The summed E-state index contributed by atoms with van der Waals surface area (Å²) >= 11 is 1.32. The molecule has 0 aliphatic rings. The molecule has 0 saturated carbocycles. The number of hydrogen-bond acceptors (Lipinski definition) is 7. The van der Waals surface area contributed by atoms with Gasteiger partial charge in [0.15, 0.2) is 11.5 Å². The van der Waals surface area contributed by atoms with E-state index in [1.165, 1.54) is 39.8 Å². The second-order valence-electron chi connectivity index (χ2n) is 5.35. The number of benzene rings is 1. The number of ether oxygens (including phenoxy) is 4. The molecule has 8 heteroatoms. The molecule has 1 aromatic carbocycles. The van der Waals surface area contributed by atoms with Crippen molar-refractivity contribution in [3.63, 3.8) is 0 Å². The van der Waals surface area contributed by atoms with E-state index in [-0.39, 0.29) is 0 Å². The molecule has 7 nitrogen and oxygen atoms in total. The van der Waals surface area contributed by atoms with Gasteiger partial charge in [-0.05, 0) is 31.5 Å². The number of carbonyl (C=O) groups excluding carboxylic acids is 2. The maximum atomic E-state index is 12.7. The van der Waals surface area contributed by atoms with Crippen LogP contribution in [0, 0.1) is 13.8 Å². The van der Waals surface area contributed by atoms with Gasteiger partial charge >= 0.3 is 5.97 Å². The topological polar surface area (TPSA) is 83.1 Å². The molecule has 1 amide bonds. The Morgan fingerprint density at radius 2 is 1.54 bits per heavy atom. The van der Waals surface area contributed by atoms with Gasteiger partial charge in [0.1, 0.15) is 5.00 Å². The maximum absolute atomic E-state index is 12.7. The first-order chi connectivity index (χ1) is 12.4. The Morgan fingerprint density at radius 1 is 0.962 bits per heavy atom. The van der Waals surface area contributed by atoms with Gasteiger partial charge in [0.05, 0.1) is 34.0 Å². The molecule has 0 spiro atoms.